The zero-order chi connectivity index (χ0) is 18.7. The molecule has 134 valence electrons. The maximum atomic E-state index is 12.7. The van der Waals surface area contributed by atoms with Crippen molar-refractivity contribution in [1.29, 1.82) is 0 Å². The zero-order valence-corrected chi connectivity index (χ0v) is 14.7. The minimum absolute atomic E-state index is 0.138. The van der Waals surface area contributed by atoms with Crippen LogP contribution in [0.2, 0.25) is 0 Å². The number of amides is 1. The Bertz CT molecular complexity index is 844. The number of aliphatic hydroxyl groups is 1. The largest absolute Gasteiger partial charge is 0.503 e. The Morgan fingerprint density at radius 2 is 2.00 bits per heavy atom. The van der Waals surface area contributed by atoms with E-state index in [1.807, 2.05) is 12.1 Å². The van der Waals surface area contributed by atoms with E-state index in [-0.39, 0.29) is 24.3 Å². The molecule has 2 heterocycles. The Kier molecular flexibility index (Phi) is 5.02. The Morgan fingerprint density at radius 1 is 1.27 bits per heavy atom. The average Bonchev–Trinajstić information content (AvgIpc) is 2.93. The lowest BCUT2D eigenvalue weighted by Crippen LogP contribution is -2.30. The number of carbonyl (C=O) groups is 2. The first kappa shape index (κ1) is 17.7. The van der Waals surface area contributed by atoms with E-state index in [1.54, 1.807) is 50.7 Å². The van der Waals surface area contributed by atoms with Crippen LogP contribution in [0.1, 0.15) is 30.5 Å². The summed E-state index contributed by atoms with van der Waals surface area (Å²) in [5.74, 6) is -0.555. The Hall–Kier alpha value is -3.15. The molecule has 6 nitrogen and oxygen atoms in total. The number of hydrogen-bond donors (Lipinski definition) is 1. The molecule has 26 heavy (non-hydrogen) atoms. The van der Waals surface area contributed by atoms with E-state index in [9.17, 15) is 14.7 Å². The third-order valence-corrected chi connectivity index (χ3v) is 4.44. The molecule has 0 fully saturated rings. The number of carbonyl (C=O) groups excluding carboxylic acids is 2. The third-order valence-electron chi connectivity index (χ3n) is 4.44. The van der Waals surface area contributed by atoms with E-state index in [0.717, 1.165) is 5.56 Å². The lowest BCUT2D eigenvalue weighted by atomic mass is 9.96. The topological polar surface area (TPSA) is 79.7 Å². The second-order valence-corrected chi connectivity index (χ2v) is 6.01. The number of benzene rings is 1. The summed E-state index contributed by atoms with van der Waals surface area (Å²) in [6.45, 7) is 1.96. The van der Waals surface area contributed by atoms with Crippen molar-refractivity contribution >= 4 is 11.7 Å². The number of rotatable bonds is 6. The van der Waals surface area contributed by atoms with Gasteiger partial charge in [-0.1, -0.05) is 25.1 Å². The van der Waals surface area contributed by atoms with Crippen LogP contribution >= 0.6 is 0 Å². The summed E-state index contributed by atoms with van der Waals surface area (Å²) in [4.78, 5) is 30.7. The molecule has 0 saturated heterocycles. The van der Waals surface area contributed by atoms with Gasteiger partial charge in [0.1, 0.15) is 5.75 Å². The number of hydrogen-bond acceptors (Lipinski definition) is 5. The van der Waals surface area contributed by atoms with Crippen molar-refractivity contribution in [2.45, 2.75) is 25.9 Å². The minimum Gasteiger partial charge on any atom is -0.503 e. The van der Waals surface area contributed by atoms with Gasteiger partial charge in [-0.25, -0.2) is 0 Å². The normalized spacial score (nSPS) is 16.9. The third kappa shape index (κ3) is 3.18. The van der Waals surface area contributed by atoms with Crippen LogP contribution in [0.15, 0.2) is 60.1 Å². The van der Waals surface area contributed by atoms with E-state index in [0.29, 0.717) is 11.3 Å². The molecule has 1 aromatic heterocycles. The predicted molar refractivity (Wildman–Crippen MR) is 95.5 cm³/mol. The fourth-order valence-corrected chi connectivity index (χ4v) is 3.10. The molecule has 1 atom stereocenters. The number of ketones is 1. The molecule has 1 aromatic carbocycles. The van der Waals surface area contributed by atoms with Gasteiger partial charge in [0.2, 0.25) is 0 Å². The molecule has 1 unspecified atom stereocenters. The van der Waals surface area contributed by atoms with E-state index >= 15 is 0 Å². The lowest BCUT2D eigenvalue weighted by Gasteiger charge is -2.26. The molecule has 1 aliphatic rings. The van der Waals surface area contributed by atoms with Crippen LogP contribution in [0.3, 0.4) is 0 Å². The number of pyridine rings is 1. The highest BCUT2D eigenvalue weighted by Gasteiger charge is 2.42. The van der Waals surface area contributed by atoms with Crippen molar-refractivity contribution < 1.29 is 19.4 Å². The smallest absolute Gasteiger partial charge is 0.290 e. The van der Waals surface area contributed by atoms with Crippen LogP contribution in [-0.2, 0) is 16.1 Å². The molecular weight excluding hydrogens is 332 g/mol. The summed E-state index contributed by atoms with van der Waals surface area (Å²) >= 11 is 0. The standard InChI is InChI=1S/C20H20N2O4/c1-3-16(23)17-18(14-5-4-10-21-11-14)22(20(25)19(17)24)12-13-6-8-15(26-2)9-7-13/h4-11,18,24H,3,12H2,1-2H3. The highest BCUT2D eigenvalue weighted by molar-refractivity contribution is 6.08. The molecule has 0 aliphatic carbocycles. The van der Waals surface area contributed by atoms with Crippen LogP contribution in [-0.4, -0.2) is 33.8 Å². The molecule has 0 spiro atoms. The van der Waals surface area contributed by atoms with Crippen molar-refractivity contribution in [2.24, 2.45) is 0 Å². The van der Waals surface area contributed by atoms with Crippen LogP contribution in [0, 0.1) is 0 Å². The highest BCUT2D eigenvalue weighted by Crippen LogP contribution is 2.38. The van der Waals surface area contributed by atoms with Gasteiger partial charge in [-0.05, 0) is 29.3 Å². The van der Waals surface area contributed by atoms with Gasteiger partial charge in [0.05, 0.1) is 18.7 Å². The summed E-state index contributed by atoms with van der Waals surface area (Å²) in [5, 5.41) is 10.3. The van der Waals surface area contributed by atoms with E-state index < -0.39 is 17.7 Å². The summed E-state index contributed by atoms with van der Waals surface area (Å²) < 4.78 is 5.15. The molecule has 1 N–H and O–H groups in total. The second-order valence-electron chi connectivity index (χ2n) is 6.01. The second kappa shape index (κ2) is 7.39. The molecule has 0 radical (unpaired) electrons. The fourth-order valence-electron chi connectivity index (χ4n) is 3.10. The number of nitrogens with zero attached hydrogens (tertiary/aromatic N) is 2. The first-order valence-corrected chi connectivity index (χ1v) is 8.37. The fraction of sp³-hybridized carbons (Fsp3) is 0.250. The van der Waals surface area contributed by atoms with Crippen molar-refractivity contribution in [3.05, 3.63) is 71.3 Å². The molecular formula is C20H20N2O4. The van der Waals surface area contributed by atoms with Gasteiger partial charge in [-0.3, -0.25) is 14.6 Å². The summed E-state index contributed by atoms with van der Waals surface area (Å²) in [6, 6.07) is 10.2. The van der Waals surface area contributed by atoms with Gasteiger partial charge in [-0.15, -0.1) is 0 Å². The van der Waals surface area contributed by atoms with Crippen LogP contribution in [0.5, 0.6) is 5.75 Å². The van der Waals surface area contributed by atoms with Crippen LogP contribution in [0.25, 0.3) is 0 Å². The minimum atomic E-state index is -0.647. The Morgan fingerprint density at radius 3 is 2.58 bits per heavy atom. The van der Waals surface area contributed by atoms with Gasteiger partial charge in [0.25, 0.3) is 5.91 Å². The van der Waals surface area contributed by atoms with Crippen LogP contribution < -0.4 is 4.74 Å². The van der Waals surface area contributed by atoms with E-state index in [2.05, 4.69) is 4.98 Å². The highest BCUT2D eigenvalue weighted by atomic mass is 16.5. The number of Topliss-reactive ketones (excluding diaryl/α,β-unsaturated/α-hetero) is 1. The zero-order valence-electron chi connectivity index (χ0n) is 14.7. The molecule has 0 bridgehead atoms. The molecule has 2 aromatic rings. The molecule has 3 rings (SSSR count). The van der Waals surface area contributed by atoms with Gasteiger partial charge in [-0.2, -0.15) is 0 Å². The number of ether oxygens (including phenoxy) is 1. The number of aromatic nitrogens is 1. The predicted octanol–water partition coefficient (Wildman–Crippen LogP) is 2.96. The summed E-state index contributed by atoms with van der Waals surface area (Å²) in [7, 11) is 1.59. The Balaban J connectivity index is 1.99. The maximum Gasteiger partial charge on any atom is 0.290 e. The molecule has 1 amide bonds. The van der Waals surface area contributed by atoms with Gasteiger partial charge < -0.3 is 14.7 Å². The Labute approximate surface area is 151 Å². The van der Waals surface area contributed by atoms with Gasteiger partial charge >= 0.3 is 0 Å². The maximum absolute atomic E-state index is 12.7. The quantitative estimate of drug-likeness (QED) is 0.864. The van der Waals surface area contributed by atoms with E-state index in [4.69, 9.17) is 4.74 Å². The molecule has 0 saturated carbocycles. The van der Waals surface area contributed by atoms with Crippen molar-refractivity contribution in [2.75, 3.05) is 7.11 Å². The number of aliphatic hydroxyl groups excluding tert-OH is 1. The van der Waals surface area contributed by atoms with E-state index in [1.165, 1.54) is 4.90 Å². The molecule has 6 heteroatoms. The van der Waals surface area contributed by atoms with Crippen molar-refractivity contribution in [3.8, 4) is 5.75 Å². The summed E-state index contributed by atoms with van der Waals surface area (Å²) in [5.41, 5.74) is 1.69. The first-order valence-electron chi connectivity index (χ1n) is 8.37. The van der Waals surface area contributed by atoms with Crippen LogP contribution in [0.4, 0.5) is 0 Å². The van der Waals surface area contributed by atoms with Gasteiger partial charge in [0.15, 0.2) is 11.5 Å². The summed E-state index contributed by atoms with van der Waals surface area (Å²) in [6.07, 6.45) is 3.44. The lowest BCUT2D eigenvalue weighted by molar-refractivity contribution is -0.130. The average molecular weight is 352 g/mol. The van der Waals surface area contributed by atoms with Gasteiger partial charge in [0, 0.05) is 25.4 Å². The monoisotopic (exact) mass is 352 g/mol. The van der Waals surface area contributed by atoms with Crippen molar-refractivity contribution in [1.82, 2.24) is 9.88 Å². The van der Waals surface area contributed by atoms with Crippen molar-refractivity contribution in [3.63, 3.8) is 0 Å². The number of methoxy groups -OCH3 is 1. The first-order chi connectivity index (χ1) is 12.6. The molecule has 1 aliphatic heterocycles. The SMILES string of the molecule is CCC(=O)C1=C(O)C(=O)N(Cc2ccc(OC)cc2)C1c1cccnc1.